The van der Waals surface area contributed by atoms with Crippen molar-refractivity contribution in [3.8, 4) is 0 Å². The molecule has 5 N–H and O–H groups in total. The summed E-state index contributed by atoms with van der Waals surface area (Å²) in [6.45, 7) is 2.22. The van der Waals surface area contributed by atoms with Gasteiger partial charge in [-0.2, -0.15) is 0 Å². The number of rotatable bonds is 4. The summed E-state index contributed by atoms with van der Waals surface area (Å²) in [6.07, 6.45) is 0. The fraction of sp³-hybridized carbons (Fsp3) is 0.231. The van der Waals surface area contributed by atoms with Gasteiger partial charge in [0.15, 0.2) is 0 Å². The number of carbonyl (C=O) groups is 2. The molecule has 1 aromatic carbocycles. The van der Waals surface area contributed by atoms with E-state index in [1.807, 2.05) is 12.1 Å². The lowest BCUT2D eigenvalue weighted by molar-refractivity contribution is -0.118. The number of nitrogens with two attached hydrogens (primary N) is 1. The van der Waals surface area contributed by atoms with Gasteiger partial charge in [0, 0.05) is 25.4 Å². The largest absolute Gasteiger partial charge is 0.397 e. The second-order valence-corrected chi connectivity index (χ2v) is 4.23. The average Bonchev–Trinajstić information content (AvgIpc) is 2.79. The highest BCUT2D eigenvalue weighted by atomic mass is 16.2. The van der Waals surface area contributed by atoms with E-state index in [0.29, 0.717) is 24.5 Å². The molecule has 6 nitrogen and oxygen atoms in total. The molecule has 0 saturated heterocycles. The second kappa shape index (κ2) is 5.43. The van der Waals surface area contributed by atoms with Gasteiger partial charge in [-0.05, 0) is 12.1 Å². The molecule has 0 atom stereocenters. The number of anilines is 1. The van der Waals surface area contributed by atoms with Crippen molar-refractivity contribution in [2.45, 2.75) is 6.92 Å². The van der Waals surface area contributed by atoms with E-state index in [0.717, 1.165) is 10.9 Å². The number of carbonyl (C=O) groups excluding carboxylic acids is 2. The third-order valence-corrected chi connectivity index (χ3v) is 2.72. The molecular weight excluding hydrogens is 244 g/mol. The molecule has 2 rings (SSSR count). The first-order valence-electron chi connectivity index (χ1n) is 5.98. The lowest BCUT2D eigenvalue weighted by Crippen LogP contribution is -2.33. The van der Waals surface area contributed by atoms with Crippen LogP contribution in [0.25, 0.3) is 10.9 Å². The Morgan fingerprint density at radius 2 is 2.00 bits per heavy atom. The molecule has 0 aliphatic rings. The highest BCUT2D eigenvalue weighted by Crippen LogP contribution is 2.20. The second-order valence-electron chi connectivity index (χ2n) is 4.23. The average molecular weight is 260 g/mol. The molecule has 6 heteroatoms. The minimum absolute atomic E-state index is 0.118. The van der Waals surface area contributed by atoms with Crippen molar-refractivity contribution in [3.05, 3.63) is 30.0 Å². The number of aromatic nitrogens is 1. The normalized spacial score (nSPS) is 10.4. The van der Waals surface area contributed by atoms with E-state index in [2.05, 4.69) is 15.6 Å². The van der Waals surface area contributed by atoms with Crippen molar-refractivity contribution in [2.75, 3.05) is 18.8 Å². The molecule has 0 unspecified atom stereocenters. The van der Waals surface area contributed by atoms with Crippen LogP contribution in [0.1, 0.15) is 17.4 Å². The Labute approximate surface area is 110 Å². The molecule has 0 fully saturated rings. The van der Waals surface area contributed by atoms with Crippen molar-refractivity contribution in [1.29, 1.82) is 0 Å². The number of hydrogen-bond donors (Lipinski definition) is 4. The Kier molecular flexibility index (Phi) is 3.70. The summed E-state index contributed by atoms with van der Waals surface area (Å²) in [4.78, 5) is 25.5. The van der Waals surface area contributed by atoms with Gasteiger partial charge in [-0.1, -0.05) is 12.1 Å². The Morgan fingerprint density at radius 1 is 1.26 bits per heavy atom. The van der Waals surface area contributed by atoms with E-state index in [1.165, 1.54) is 6.92 Å². The van der Waals surface area contributed by atoms with E-state index in [4.69, 9.17) is 5.73 Å². The molecule has 2 aromatic rings. The maximum absolute atomic E-state index is 11.9. The van der Waals surface area contributed by atoms with Gasteiger partial charge in [0.1, 0.15) is 5.69 Å². The Hall–Kier alpha value is -2.50. The van der Waals surface area contributed by atoms with Crippen molar-refractivity contribution in [3.63, 3.8) is 0 Å². The number of aromatic amines is 1. The van der Waals surface area contributed by atoms with Crippen LogP contribution in [0.3, 0.4) is 0 Å². The molecule has 0 radical (unpaired) electrons. The van der Waals surface area contributed by atoms with Crippen LogP contribution < -0.4 is 16.4 Å². The highest BCUT2D eigenvalue weighted by molar-refractivity contribution is 6.00. The predicted molar refractivity (Wildman–Crippen MR) is 73.7 cm³/mol. The summed E-state index contributed by atoms with van der Waals surface area (Å²) < 4.78 is 0. The zero-order chi connectivity index (χ0) is 13.8. The van der Waals surface area contributed by atoms with E-state index in [9.17, 15) is 9.59 Å². The van der Waals surface area contributed by atoms with Crippen LogP contribution in [-0.4, -0.2) is 29.9 Å². The van der Waals surface area contributed by atoms with Gasteiger partial charge in [0.25, 0.3) is 5.91 Å². The molecule has 1 aromatic heterocycles. The van der Waals surface area contributed by atoms with Crippen molar-refractivity contribution in [1.82, 2.24) is 15.6 Å². The van der Waals surface area contributed by atoms with Crippen molar-refractivity contribution < 1.29 is 9.59 Å². The summed E-state index contributed by atoms with van der Waals surface area (Å²) in [5, 5.41) is 6.21. The molecule has 0 saturated carbocycles. The number of nitrogen functional groups attached to an aromatic ring is 1. The number of nitrogens with one attached hydrogen (secondary N) is 3. The third kappa shape index (κ3) is 3.04. The van der Waals surface area contributed by atoms with E-state index >= 15 is 0 Å². The zero-order valence-electron chi connectivity index (χ0n) is 10.6. The monoisotopic (exact) mass is 260 g/mol. The van der Waals surface area contributed by atoms with Gasteiger partial charge < -0.3 is 21.4 Å². The smallest absolute Gasteiger partial charge is 0.267 e. The zero-order valence-corrected chi connectivity index (χ0v) is 10.6. The van der Waals surface area contributed by atoms with Crippen molar-refractivity contribution in [2.24, 2.45) is 0 Å². The third-order valence-electron chi connectivity index (χ3n) is 2.72. The molecule has 0 bridgehead atoms. The van der Waals surface area contributed by atoms with Crippen LogP contribution in [-0.2, 0) is 4.79 Å². The number of fused-ring (bicyclic) bond motifs is 1. The van der Waals surface area contributed by atoms with E-state index in [-0.39, 0.29) is 11.8 Å². The summed E-state index contributed by atoms with van der Waals surface area (Å²) in [6, 6.07) is 7.25. The van der Waals surface area contributed by atoms with E-state index < -0.39 is 0 Å². The summed E-state index contributed by atoms with van der Waals surface area (Å²) >= 11 is 0. The van der Waals surface area contributed by atoms with Gasteiger partial charge in [-0.25, -0.2) is 0 Å². The van der Waals surface area contributed by atoms with Gasteiger partial charge in [0.05, 0.1) is 11.2 Å². The highest BCUT2D eigenvalue weighted by Gasteiger charge is 2.09. The Bertz CT molecular complexity index is 618. The predicted octanol–water partition coefficient (Wildman–Crippen LogP) is 0.616. The Balaban J connectivity index is 2.01. The first-order chi connectivity index (χ1) is 9.08. The van der Waals surface area contributed by atoms with Gasteiger partial charge >= 0.3 is 0 Å². The lowest BCUT2D eigenvalue weighted by Gasteiger charge is -2.03. The quantitative estimate of drug-likeness (QED) is 0.479. The summed E-state index contributed by atoms with van der Waals surface area (Å²) in [7, 11) is 0. The number of benzene rings is 1. The summed E-state index contributed by atoms with van der Waals surface area (Å²) in [5.41, 5.74) is 7.63. The minimum atomic E-state index is -0.221. The van der Waals surface area contributed by atoms with Crippen LogP contribution in [0.15, 0.2) is 24.3 Å². The maximum Gasteiger partial charge on any atom is 0.267 e. The summed E-state index contributed by atoms with van der Waals surface area (Å²) in [5.74, 6) is -0.339. The van der Waals surface area contributed by atoms with Crippen molar-refractivity contribution >= 4 is 28.4 Å². The Morgan fingerprint density at radius 3 is 2.68 bits per heavy atom. The van der Waals surface area contributed by atoms with Crippen LogP contribution in [0.4, 0.5) is 5.69 Å². The molecule has 0 aliphatic heterocycles. The molecule has 0 aliphatic carbocycles. The fourth-order valence-corrected chi connectivity index (χ4v) is 1.81. The number of para-hydroxylation sites is 1. The van der Waals surface area contributed by atoms with Gasteiger partial charge in [-0.3, -0.25) is 9.59 Å². The lowest BCUT2D eigenvalue weighted by atomic mass is 10.2. The fourth-order valence-electron chi connectivity index (χ4n) is 1.81. The van der Waals surface area contributed by atoms with Crippen LogP contribution >= 0.6 is 0 Å². The molecular formula is C13H16N4O2. The number of amides is 2. The molecule has 19 heavy (non-hydrogen) atoms. The number of hydrogen-bond acceptors (Lipinski definition) is 3. The minimum Gasteiger partial charge on any atom is -0.397 e. The van der Waals surface area contributed by atoms with Gasteiger partial charge in [-0.15, -0.1) is 0 Å². The standard InChI is InChI=1S/C13H16N4O2/c1-8(18)15-5-6-16-13(19)11-7-9-3-2-4-10(14)12(9)17-11/h2-4,7,17H,5-6,14H2,1H3,(H,15,18)(H,16,19). The van der Waals surface area contributed by atoms with Crippen LogP contribution in [0, 0.1) is 0 Å². The maximum atomic E-state index is 11.9. The molecule has 0 spiro atoms. The van der Waals surface area contributed by atoms with E-state index in [1.54, 1.807) is 12.1 Å². The van der Waals surface area contributed by atoms with Crippen LogP contribution in [0.5, 0.6) is 0 Å². The molecule has 2 amide bonds. The van der Waals surface area contributed by atoms with Crippen LogP contribution in [0.2, 0.25) is 0 Å². The first kappa shape index (κ1) is 12.9. The first-order valence-corrected chi connectivity index (χ1v) is 5.98. The van der Waals surface area contributed by atoms with Gasteiger partial charge in [0.2, 0.25) is 5.91 Å². The topological polar surface area (TPSA) is 100 Å². The molecule has 100 valence electrons. The SMILES string of the molecule is CC(=O)NCCNC(=O)c1cc2cccc(N)c2[nH]1. The number of H-pyrrole nitrogens is 1. The molecule has 1 heterocycles.